The van der Waals surface area contributed by atoms with Crippen LogP contribution in [0.15, 0.2) is 48.7 Å². The van der Waals surface area contributed by atoms with Crippen molar-refractivity contribution in [2.45, 2.75) is 26.0 Å². The fraction of sp³-hybridized carbons (Fsp3) is 0.286. The Morgan fingerprint density at radius 2 is 1.79 bits per heavy atom. The standard InChI is InChI=1S/C28H30N6O5/c1-15(2)39-27-23-20(16-5-7-17(8-6-16)25(35)29-3)12-30-24(23)33-28(34-27)32-21-10-9-18(11-22(21)37-4)26(36)31-19-13-38-14-19/h5-12,15,19H,13-14H2,1-4H3,(H,29,35)(H,31,36)(H2,30,32,33,34). The van der Waals surface area contributed by atoms with Gasteiger partial charge in [-0.25, -0.2) is 0 Å². The molecule has 0 aliphatic carbocycles. The van der Waals surface area contributed by atoms with Crippen LogP contribution in [0.1, 0.15) is 34.6 Å². The molecule has 11 nitrogen and oxygen atoms in total. The molecule has 2 amide bonds. The first kappa shape index (κ1) is 26.0. The molecule has 4 N–H and O–H groups in total. The topological polar surface area (TPSA) is 139 Å². The van der Waals surface area contributed by atoms with Crippen molar-refractivity contribution in [2.24, 2.45) is 0 Å². The third kappa shape index (κ3) is 5.48. The number of amides is 2. The second-order valence-corrected chi connectivity index (χ2v) is 9.35. The molecule has 1 aliphatic rings. The van der Waals surface area contributed by atoms with E-state index in [2.05, 4.69) is 30.9 Å². The maximum atomic E-state index is 12.6. The second kappa shape index (κ2) is 11.0. The molecule has 0 radical (unpaired) electrons. The molecule has 1 fully saturated rings. The molecule has 0 saturated carbocycles. The number of carbonyl (C=O) groups is 2. The highest BCUT2D eigenvalue weighted by atomic mass is 16.5. The van der Waals surface area contributed by atoms with E-state index in [4.69, 9.17) is 14.2 Å². The van der Waals surface area contributed by atoms with Crippen molar-refractivity contribution in [1.82, 2.24) is 25.6 Å². The molecule has 0 bridgehead atoms. The van der Waals surface area contributed by atoms with Gasteiger partial charge in [-0.1, -0.05) is 12.1 Å². The highest BCUT2D eigenvalue weighted by molar-refractivity contribution is 5.99. The van der Waals surface area contributed by atoms with Gasteiger partial charge in [-0.15, -0.1) is 0 Å². The molecule has 202 valence electrons. The molecule has 4 aromatic rings. The van der Waals surface area contributed by atoms with Crippen LogP contribution in [0.4, 0.5) is 11.6 Å². The van der Waals surface area contributed by atoms with E-state index in [1.807, 2.05) is 32.2 Å². The first-order valence-corrected chi connectivity index (χ1v) is 12.6. The zero-order valence-corrected chi connectivity index (χ0v) is 22.1. The Bertz CT molecular complexity index is 1510. The van der Waals surface area contributed by atoms with Gasteiger partial charge in [-0.3, -0.25) is 9.59 Å². The average Bonchev–Trinajstić information content (AvgIpc) is 3.34. The zero-order chi connectivity index (χ0) is 27.5. The molecule has 39 heavy (non-hydrogen) atoms. The summed E-state index contributed by atoms with van der Waals surface area (Å²) >= 11 is 0. The summed E-state index contributed by atoms with van der Waals surface area (Å²) in [6.45, 7) is 4.89. The number of benzene rings is 2. The number of nitrogens with one attached hydrogen (secondary N) is 4. The first-order valence-electron chi connectivity index (χ1n) is 12.6. The van der Waals surface area contributed by atoms with Crippen molar-refractivity contribution in [3.63, 3.8) is 0 Å². The summed E-state index contributed by atoms with van der Waals surface area (Å²) < 4.78 is 16.8. The number of aromatic nitrogens is 3. The van der Waals surface area contributed by atoms with Gasteiger partial charge in [0.15, 0.2) is 0 Å². The number of ether oxygens (including phenoxy) is 3. The highest BCUT2D eigenvalue weighted by Gasteiger charge is 2.22. The van der Waals surface area contributed by atoms with Gasteiger partial charge in [-0.2, -0.15) is 9.97 Å². The largest absolute Gasteiger partial charge is 0.495 e. The number of carbonyl (C=O) groups excluding carboxylic acids is 2. The summed E-state index contributed by atoms with van der Waals surface area (Å²) in [7, 11) is 3.13. The summed E-state index contributed by atoms with van der Waals surface area (Å²) in [5.41, 5.74) is 3.94. The Morgan fingerprint density at radius 3 is 2.44 bits per heavy atom. The predicted molar refractivity (Wildman–Crippen MR) is 147 cm³/mol. The molecule has 2 aromatic carbocycles. The number of H-pyrrole nitrogens is 1. The van der Waals surface area contributed by atoms with Crippen molar-refractivity contribution in [3.8, 4) is 22.8 Å². The van der Waals surface area contributed by atoms with Crippen molar-refractivity contribution in [3.05, 3.63) is 59.8 Å². The number of aromatic amines is 1. The van der Waals surface area contributed by atoms with Crippen LogP contribution in [0.5, 0.6) is 11.6 Å². The molecule has 0 atom stereocenters. The minimum atomic E-state index is -0.194. The van der Waals surface area contributed by atoms with Crippen LogP contribution in [0.2, 0.25) is 0 Å². The molecule has 2 aromatic heterocycles. The summed E-state index contributed by atoms with van der Waals surface area (Å²) in [6, 6.07) is 12.4. The average molecular weight is 531 g/mol. The minimum Gasteiger partial charge on any atom is -0.495 e. The van der Waals surface area contributed by atoms with Crippen molar-refractivity contribution < 1.29 is 23.8 Å². The lowest BCUT2D eigenvalue weighted by Gasteiger charge is -2.26. The van der Waals surface area contributed by atoms with E-state index in [-0.39, 0.29) is 24.0 Å². The molecule has 11 heteroatoms. The molecule has 0 unspecified atom stereocenters. The Hall–Kier alpha value is -4.64. The zero-order valence-electron chi connectivity index (χ0n) is 22.1. The van der Waals surface area contributed by atoms with Crippen LogP contribution in [0.3, 0.4) is 0 Å². The predicted octanol–water partition coefficient (Wildman–Crippen LogP) is 3.65. The van der Waals surface area contributed by atoms with E-state index < -0.39 is 0 Å². The quantitative estimate of drug-likeness (QED) is 0.257. The SMILES string of the molecule is CNC(=O)c1ccc(-c2c[nH]c3nc(Nc4ccc(C(=O)NC5COC5)cc4OC)nc(OC(C)C)c23)cc1. The van der Waals surface area contributed by atoms with Crippen LogP contribution in [0, 0.1) is 0 Å². The van der Waals surface area contributed by atoms with Gasteiger partial charge in [0.25, 0.3) is 11.8 Å². The number of rotatable bonds is 9. The van der Waals surface area contributed by atoms with Crippen LogP contribution in [-0.4, -0.2) is 66.3 Å². The van der Waals surface area contributed by atoms with E-state index in [0.29, 0.717) is 53.3 Å². The third-order valence-electron chi connectivity index (χ3n) is 6.21. The number of hydrogen-bond acceptors (Lipinski definition) is 8. The van der Waals surface area contributed by atoms with Crippen molar-refractivity contribution in [1.29, 1.82) is 0 Å². The molecular formula is C28H30N6O5. The van der Waals surface area contributed by atoms with E-state index >= 15 is 0 Å². The summed E-state index contributed by atoms with van der Waals surface area (Å²) in [5, 5.41) is 9.46. The molecular weight excluding hydrogens is 500 g/mol. The summed E-state index contributed by atoms with van der Waals surface area (Å²) in [4.78, 5) is 37.0. The van der Waals surface area contributed by atoms with Gasteiger partial charge in [-0.05, 0) is 49.7 Å². The van der Waals surface area contributed by atoms with E-state index in [0.717, 1.165) is 16.5 Å². The monoisotopic (exact) mass is 530 g/mol. The smallest absolute Gasteiger partial charge is 0.251 e. The van der Waals surface area contributed by atoms with Crippen LogP contribution >= 0.6 is 0 Å². The van der Waals surface area contributed by atoms with Gasteiger partial charge in [0.1, 0.15) is 11.4 Å². The van der Waals surface area contributed by atoms with Crippen LogP contribution in [0.25, 0.3) is 22.2 Å². The summed E-state index contributed by atoms with van der Waals surface area (Å²) in [5.74, 6) is 0.817. The molecule has 1 saturated heterocycles. The fourth-order valence-electron chi connectivity index (χ4n) is 4.18. The number of methoxy groups -OCH3 is 1. The Balaban J connectivity index is 1.46. The van der Waals surface area contributed by atoms with Crippen molar-refractivity contribution in [2.75, 3.05) is 32.7 Å². The second-order valence-electron chi connectivity index (χ2n) is 9.35. The number of nitrogens with zero attached hydrogens (tertiary/aromatic N) is 2. The van der Waals surface area contributed by atoms with Gasteiger partial charge < -0.3 is 35.1 Å². The third-order valence-corrected chi connectivity index (χ3v) is 6.21. The lowest BCUT2D eigenvalue weighted by molar-refractivity contribution is -0.00346. The Morgan fingerprint density at radius 1 is 1.05 bits per heavy atom. The van der Waals surface area contributed by atoms with Crippen LogP contribution < -0.4 is 25.4 Å². The molecule has 3 heterocycles. The molecule has 5 rings (SSSR count). The normalized spacial score (nSPS) is 13.2. The van der Waals surface area contributed by atoms with Crippen molar-refractivity contribution >= 4 is 34.5 Å². The van der Waals surface area contributed by atoms with Gasteiger partial charge in [0.2, 0.25) is 11.8 Å². The Kier molecular flexibility index (Phi) is 7.33. The van der Waals surface area contributed by atoms with E-state index in [1.165, 1.54) is 7.11 Å². The lowest BCUT2D eigenvalue weighted by Crippen LogP contribution is -2.48. The highest BCUT2D eigenvalue weighted by Crippen LogP contribution is 2.36. The van der Waals surface area contributed by atoms with E-state index in [9.17, 15) is 9.59 Å². The maximum Gasteiger partial charge on any atom is 0.251 e. The first-order chi connectivity index (χ1) is 18.9. The van der Waals surface area contributed by atoms with E-state index in [1.54, 1.807) is 37.4 Å². The van der Waals surface area contributed by atoms with Gasteiger partial charge in [0.05, 0.1) is 43.5 Å². The summed E-state index contributed by atoms with van der Waals surface area (Å²) in [6.07, 6.45) is 1.70. The number of fused-ring (bicyclic) bond motifs is 1. The maximum absolute atomic E-state index is 12.6. The van der Waals surface area contributed by atoms with Gasteiger partial charge in [0, 0.05) is 29.9 Å². The Labute approximate surface area is 225 Å². The fourth-order valence-corrected chi connectivity index (χ4v) is 4.18. The molecule has 0 spiro atoms. The number of anilines is 2. The number of hydrogen-bond donors (Lipinski definition) is 4. The van der Waals surface area contributed by atoms with Crippen LogP contribution in [-0.2, 0) is 4.74 Å². The molecule has 1 aliphatic heterocycles. The lowest BCUT2D eigenvalue weighted by atomic mass is 10.0. The minimum absolute atomic E-state index is 0.0280. The van der Waals surface area contributed by atoms with Gasteiger partial charge >= 0.3 is 0 Å².